The number of aryl methyl sites for hydroxylation is 1. The average molecular weight is 261 g/mol. The molecule has 3 nitrogen and oxygen atoms in total. The highest BCUT2D eigenvalue weighted by Crippen LogP contribution is 2.34. The number of methoxy groups -OCH3 is 1. The zero-order valence-corrected chi connectivity index (χ0v) is 10.3. The van der Waals surface area contributed by atoms with Gasteiger partial charge in [-0.05, 0) is 31.5 Å². The van der Waals surface area contributed by atoms with Gasteiger partial charge in [0, 0.05) is 5.69 Å². The van der Waals surface area contributed by atoms with Crippen molar-refractivity contribution >= 4 is 11.7 Å². The lowest BCUT2D eigenvalue weighted by Crippen LogP contribution is -2.56. The Kier molecular flexibility index (Phi) is 3.88. The normalized spacial score (nSPS) is 14.8. The van der Waals surface area contributed by atoms with Gasteiger partial charge in [0.05, 0.1) is 7.11 Å². The van der Waals surface area contributed by atoms with Crippen LogP contribution in [0.2, 0.25) is 0 Å². The first kappa shape index (κ1) is 14.3. The molecule has 0 bridgehead atoms. The van der Waals surface area contributed by atoms with Crippen LogP contribution in [0.5, 0.6) is 0 Å². The molecule has 0 aliphatic rings. The molecule has 0 spiro atoms. The van der Waals surface area contributed by atoms with Crippen LogP contribution in [0.1, 0.15) is 12.5 Å². The van der Waals surface area contributed by atoms with E-state index in [1.54, 1.807) is 19.1 Å². The van der Waals surface area contributed by atoms with Gasteiger partial charge in [0.2, 0.25) is 5.54 Å². The Bertz CT molecular complexity index is 445. The fourth-order valence-corrected chi connectivity index (χ4v) is 1.45. The van der Waals surface area contributed by atoms with Gasteiger partial charge in [-0.15, -0.1) is 0 Å². The van der Waals surface area contributed by atoms with E-state index in [1.807, 2.05) is 0 Å². The molecule has 1 atom stereocenters. The molecule has 1 unspecified atom stereocenters. The lowest BCUT2D eigenvalue weighted by Gasteiger charge is -2.31. The van der Waals surface area contributed by atoms with Crippen molar-refractivity contribution in [2.45, 2.75) is 25.6 Å². The molecule has 0 radical (unpaired) electrons. The van der Waals surface area contributed by atoms with Crippen LogP contribution in [-0.2, 0) is 9.53 Å². The highest BCUT2D eigenvalue weighted by atomic mass is 19.4. The van der Waals surface area contributed by atoms with Crippen molar-refractivity contribution in [2.75, 3.05) is 12.4 Å². The van der Waals surface area contributed by atoms with Crippen molar-refractivity contribution in [3.63, 3.8) is 0 Å². The molecule has 1 aromatic rings. The van der Waals surface area contributed by atoms with Gasteiger partial charge in [-0.1, -0.05) is 12.1 Å². The van der Waals surface area contributed by atoms with Gasteiger partial charge in [0.25, 0.3) is 0 Å². The highest BCUT2D eigenvalue weighted by molar-refractivity contribution is 5.85. The van der Waals surface area contributed by atoms with Crippen LogP contribution in [-0.4, -0.2) is 24.8 Å². The van der Waals surface area contributed by atoms with E-state index in [4.69, 9.17) is 0 Å². The molecule has 100 valence electrons. The van der Waals surface area contributed by atoms with Crippen LogP contribution >= 0.6 is 0 Å². The number of anilines is 1. The summed E-state index contributed by atoms with van der Waals surface area (Å²) >= 11 is 0. The van der Waals surface area contributed by atoms with Gasteiger partial charge in [-0.2, -0.15) is 13.2 Å². The Hall–Kier alpha value is -1.72. The first-order chi connectivity index (χ1) is 8.20. The monoisotopic (exact) mass is 261 g/mol. The number of rotatable bonds is 3. The zero-order chi connectivity index (χ0) is 14.0. The van der Waals surface area contributed by atoms with Crippen LogP contribution in [0.4, 0.5) is 18.9 Å². The van der Waals surface area contributed by atoms with Crippen LogP contribution in [0, 0.1) is 6.92 Å². The molecule has 0 saturated carbocycles. The molecule has 1 aromatic carbocycles. The van der Waals surface area contributed by atoms with E-state index in [9.17, 15) is 18.0 Å². The van der Waals surface area contributed by atoms with Gasteiger partial charge >= 0.3 is 12.1 Å². The Labute approximate surface area is 103 Å². The van der Waals surface area contributed by atoms with Crippen molar-refractivity contribution in [2.24, 2.45) is 0 Å². The minimum Gasteiger partial charge on any atom is -0.467 e. The molecule has 1 rings (SSSR count). The number of esters is 1. The molecule has 0 amide bonds. The van der Waals surface area contributed by atoms with Gasteiger partial charge in [0.1, 0.15) is 0 Å². The standard InChI is InChI=1S/C12H14F3NO2/c1-8-5-4-6-9(7-8)16-11(2,10(17)18-3)12(13,14)15/h4-7,16H,1-3H3. The summed E-state index contributed by atoms with van der Waals surface area (Å²) in [7, 11) is 0.921. The predicted molar refractivity (Wildman–Crippen MR) is 61.3 cm³/mol. The maximum atomic E-state index is 13.0. The Morgan fingerprint density at radius 3 is 2.39 bits per heavy atom. The van der Waals surface area contributed by atoms with Crippen LogP contribution in [0.25, 0.3) is 0 Å². The maximum absolute atomic E-state index is 13.0. The van der Waals surface area contributed by atoms with Crippen molar-refractivity contribution < 1.29 is 22.7 Å². The van der Waals surface area contributed by atoms with E-state index in [0.29, 0.717) is 0 Å². The maximum Gasteiger partial charge on any atom is 0.422 e. The van der Waals surface area contributed by atoms with Crippen LogP contribution < -0.4 is 5.32 Å². The van der Waals surface area contributed by atoms with Crippen molar-refractivity contribution in [1.29, 1.82) is 0 Å². The van der Waals surface area contributed by atoms with Crippen molar-refractivity contribution in [3.05, 3.63) is 29.8 Å². The number of carbonyl (C=O) groups excluding carboxylic acids is 1. The molecular formula is C12H14F3NO2. The van der Waals surface area contributed by atoms with E-state index >= 15 is 0 Å². The average Bonchev–Trinajstić information content (AvgIpc) is 2.26. The molecule has 0 heterocycles. The Morgan fingerprint density at radius 1 is 1.33 bits per heavy atom. The van der Waals surface area contributed by atoms with Crippen molar-refractivity contribution in [3.8, 4) is 0 Å². The molecular weight excluding hydrogens is 247 g/mol. The van der Waals surface area contributed by atoms with Gasteiger partial charge in [0.15, 0.2) is 0 Å². The number of hydrogen-bond acceptors (Lipinski definition) is 3. The first-order valence-corrected chi connectivity index (χ1v) is 5.20. The van der Waals surface area contributed by atoms with Crippen LogP contribution in [0.15, 0.2) is 24.3 Å². The van der Waals surface area contributed by atoms with Crippen LogP contribution in [0.3, 0.4) is 0 Å². The van der Waals surface area contributed by atoms with E-state index in [1.165, 1.54) is 12.1 Å². The molecule has 18 heavy (non-hydrogen) atoms. The third-order valence-corrected chi connectivity index (χ3v) is 2.57. The third-order valence-electron chi connectivity index (χ3n) is 2.57. The predicted octanol–water partition coefficient (Wildman–Crippen LogP) is 2.90. The molecule has 0 aliphatic carbocycles. The van der Waals surface area contributed by atoms with Gasteiger partial charge in [-0.25, -0.2) is 4.79 Å². The number of benzene rings is 1. The number of halogens is 3. The minimum atomic E-state index is -4.76. The van der Waals surface area contributed by atoms with Gasteiger partial charge < -0.3 is 10.1 Å². The van der Waals surface area contributed by atoms with E-state index in [-0.39, 0.29) is 5.69 Å². The number of carbonyl (C=O) groups is 1. The SMILES string of the molecule is COC(=O)C(C)(Nc1cccc(C)c1)C(F)(F)F. The summed E-state index contributed by atoms with van der Waals surface area (Å²) in [5.41, 5.74) is -1.77. The quantitative estimate of drug-likeness (QED) is 0.850. The Morgan fingerprint density at radius 2 is 1.94 bits per heavy atom. The smallest absolute Gasteiger partial charge is 0.422 e. The first-order valence-electron chi connectivity index (χ1n) is 5.20. The molecule has 0 aromatic heterocycles. The second-order valence-electron chi connectivity index (χ2n) is 4.11. The lowest BCUT2D eigenvalue weighted by molar-refractivity contribution is -0.195. The van der Waals surface area contributed by atoms with E-state index in [2.05, 4.69) is 10.1 Å². The summed E-state index contributed by atoms with van der Waals surface area (Å²) in [6.07, 6.45) is -4.76. The summed E-state index contributed by atoms with van der Waals surface area (Å²) in [5.74, 6) is -1.38. The molecule has 0 aliphatic heterocycles. The van der Waals surface area contributed by atoms with E-state index in [0.717, 1.165) is 19.6 Å². The van der Waals surface area contributed by atoms with Gasteiger partial charge in [-0.3, -0.25) is 0 Å². The summed E-state index contributed by atoms with van der Waals surface area (Å²) in [4.78, 5) is 11.4. The largest absolute Gasteiger partial charge is 0.467 e. The third kappa shape index (κ3) is 2.75. The van der Waals surface area contributed by atoms with E-state index < -0.39 is 17.7 Å². The van der Waals surface area contributed by atoms with Crippen molar-refractivity contribution in [1.82, 2.24) is 0 Å². The molecule has 1 N–H and O–H groups in total. The minimum absolute atomic E-state index is 0.209. The number of alkyl halides is 3. The second kappa shape index (κ2) is 4.88. The topological polar surface area (TPSA) is 38.3 Å². The molecule has 0 saturated heterocycles. The molecule has 0 fully saturated rings. The molecule has 6 heteroatoms. The number of ether oxygens (including phenoxy) is 1. The highest BCUT2D eigenvalue weighted by Gasteiger charge is 2.58. The number of nitrogens with one attached hydrogen (secondary N) is 1. The Balaban J connectivity index is 3.11. The summed E-state index contributed by atoms with van der Waals surface area (Å²) in [6.45, 7) is 2.50. The summed E-state index contributed by atoms with van der Waals surface area (Å²) in [6, 6.07) is 6.33. The number of hydrogen-bond donors (Lipinski definition) is 1. The lowest BCUT2D eigenvalue weighted by atomic mass is 10.0. The second-order valence-corrected chi connectivity index (χ2v) is 4.11. The zero-order valence-electron chi connectivity index (χ0n) is 10.3. The fourth-order valence-electron chi connectivity index (χ4n) is 1.45. The summed E-state index contributed by atoms with van der Waals surface area (Å²) < 4.78 is 43.1. The fraction of sp³-hybridized carbons (Fsp3) is 0.417. The summed E-state index contributed by atoms with van der Waals surface area (Å²) in [5, 5.41) is 2.19.